The maximum atomic E-state index is 14.9. The van der Waals surface area contributed by atoms with E-state index >= 15 is 0 Å². The van der Waals surface area contributed by atoms with E-state index in [9.17, 15) is 14.0 Å². The van der Waals surface area contributed by atoms with Crippen LogP contribution in [0.1, 0.15) is 18.7 Å². The van der Waals surface area contributed by atoms with Gasteiger partial charge in [-0.2, -0.15) is 0 Å². The fourth-order valence-electron chi connectivity index (χ4n) is 4.08. The Hall–Kier alpha value is -3.86. The topological polar surface area (TPSA) is 124 Å². The first-order valence-electron chi connectivity index (χ1n) is 11.0. The first-order valence-corrected chi connectivity index (χ1v) is 11.0. The van der Waals surface area contributed by atoms with Crippen molar-refractivity contribution in [2.45, 2.75) is 31.9 Å². The number of cyclic esters (lactones) is 1. The molecule has 176 valence electrons. The zero-order chi connectivity index (χ0) is 23.7. The predicted octanol–water partition coefficient (Wildman–Crippen LogP) is 1.84. The highest BCUT2D eigenvalue weighted by atomic mass is 19.1. The number of aromatic nitrogens is 3. The fourth-order valence-corrected chi connectivity index (χ4v) is 4.08. The number of carbonyl (C=O) groups is 2. The average Bonchev–Trinajstić information content (AvgIpc) is 3.59. The molecule has 0 aliphatic carbocycles. The van der Waals surface area contributed by atoms with Gasteiger partial charge in [0.25, 0.3) is 5.89 Å². The van der Waals surface area contributed by atoms with Crippen molar-refractivity contribution in [2.24, 2.45) is 0 Å². The number of benzene rings is 1. The molecule has 0 saturated carbocycles. The van der Waals surface area contributed by atoms with Crippen molar-refractivity contribution in [1.82, 2.24) is 15.2 Å². The summed E-state index contributed by atoms with van der Waals surface area (Å²) in [4.78, 5) is 30.0. The Labute approximate surface area is 194 Å². The van der Waals surface area contributed by atoms with Gasteiger partial charge in [0.15, 0.2) is 12.1 Å². The van der Waals surface area contributed by atoms with Crippen molar-refractivity contribution in [1.29, 1.82) is 0 Å². The highest BCUT2D eigenvalue weighted by Gasteiger charge is 2.35. The maximum Gasteiger partial charge on any atom is 0.414 e. The second kappa shape index (κ2) is 9.18. The summed E-state index contributed by atoms with van der Waals surface area (Å²) in [6, 6.07) is 7.67. The van der Waals surface area contributed by atoms with E-state index in [1.54, 1.807) is 31.2 Å². The van der Waals surface area contributed by atoms with Crippen molar-refractivity contribution in [3.63, 3.8) is 0 Å². The number of esters is 1. The fraction of sp³-hybridized carbons (Fsp3) is 0.348. The first-order chi connectivity index (χ1) is 16.5. The number of amides is 1. The molecule has 5 rings (SSSR count). The normalized spacial score (nSPS) is 19.9. The summed E-state index contributed by atoms with van der Waals surface area (Å²) in [5, 5.41) is 9.64. The largest absolute Gasteiger partial charge is 0.457 e. The molecular weight excluding hydrogens is 445 g/mol. The number of hydrogen-bond donors (Lipinski definition) is 1. The van der Waals surface area contributed by atoms with Crippen molar-refractivity contribution in [3.8, 4) is 22.7 Å². The van der Waals surface area contributed by atoms with Gasteiger partial charge in [-0.3, -0.25) is 9.88 Å². The molecule has 2 aliphatic heterocycles. The van der Waals surface area contributed by atoms with E-state index in [1.807, 2.05) is 5.32 Å². The summed E-state index contributed by atoms with van der Waals surface area (Å²) in [6.45, 7) is 2.73. The molecule has 1 amide bonds. The van der Waals surface area contributed by atoms with Crippen LogP contribution in [-0.4, -0.2) is 59.1 Å². The van der Waals surface area contributed by atoms with Gasteiger partial charge in [-0.15, -0.1) is 10.2 Å². The molecule has 4 heterocycles. The number of carbonyl (C=O) groups excluding carboxylic acids is 2. The van der Waals surface area contributed by atoms with Crippen LogP contribution < -0.4 is 10.2 Å². The highest BCUT2D eigenvalue weighted by molar-refractivity contribution is 5.90. The second-order valence-corrected chi connectivity index (χ2v) is 8.24. The van der Waals surface area contributed by atoms with Crippen LogP contribution in [0.25, 0.3) is 22.7 Å². The van der Waals surface area contributed by atoms with E-state index in [4.69, 9.17) is 13.9 Å². The molecule has 2 saturated heterocycles. The minimum absolute atomic E-state index is 0.0242. The minimum Gasteiger partial charge on any atom is -0.457 e. The highest BCUT2D eigenvalue weighted by Crippen LogP contribution is 2.29. The van der Waals surface area contributed by atoms with Crippen LogP contribution in [0, 0.1) is 12.7 Å². The monoisotopic (exact) mass is 468 g/mol. The molecule has 3 aromatic rings. The second-order valence-electron chi connectivity index (χ2n) is 8.24. The molecule has 0 spiro atoms. The van der Waals surface area contributed by atoms with Gasteiger partial charge in [-0.05, 0) is 24.3 Å². The smallest absolute Gasteiger partial charge is 0.414 e. The van der Waals surface area contributed by atoms with Gasteiger partial charge >= 0.3 is 12.1 Å². The molecule has 2 aromatic heterocycles. The number of pyridine rings is 1. The van der Waals surface area contributed by atoms with E-state index in [0.717, 1.165) is 19.4 Å². The summed E-state index contributed by atoms with van der Waals surface area (Å²) in [5.74, 6) is -0.0962. The SMILES string of the molecule is Cc1nnc(-c2ccc(-c3ccc(N4C[C@H](COC(=O)[C@@H]5CCC[NH2+]5)OC4=O)cc3F)cn2)o1. The van der Waals surface area contributed by atoms with Crippen LogP contribution in [0.2, 0.25) is 0 Å². The lowest BCUT2D eigenvalue weighted by atomic mass is 10.1. The molecule has 11 heteroatoms. The lowest BCUT2D eigenvalue weighted by molar-refractivity contribution is -0.659. The summed E-state index contributed by atoms with van der Waals surface area (Å²) < 4.78 is 30.9. The number of hydrogen-bond acceptors (Lipinski definition) is 8. The molecule has 34 heavy (non-hydrogen) atoms. The number of quaternary nitrogens is 1. The molecule has 0 radical (unpaired) electrons. The van der Waals surface area contributed by atoms with Crippen molar-refractivity contribution >= 4 is 17.7 Å². The summed E-state index contributed by atoms with van der Waals surface area (Å²) in [5.41, 5.74) is 1.73. The lowest BCUT2D eigenvalue weighted by Gasteiger charge is -2.15. The molecule has 2 atom stereocenters. The molecule has 2 fully saturated rings. The van der Waals surface area contributed by atoms with Crippen molar-refractivity contribution in [3.05, 3.63) is 48.2 Å². The van der Waals surface area contributed by atoms with Crippen molar-refractivity contribution < 1.29 is 33.2 Å². The number of nitrogens with two attached hydrogens (primary N) is 1. The van der Waals surface area contributed by atoms with E-state index < -0.39 is 18.0 Å². The molecule has 2 aliphatic rings. The molecule has 0 unspecified atom stereocenters. The van der Waals surface area contributed by atoms with Gasteiger partial charge in [0.2, 0.25) is 5.89 Å². The van der Waals surface area contributed by atoms with Crippen LogP contribution in [0.4, 0.5) is 14.9 Å². The number of nitrogens with zero attached hydrogens (tertiary/aromatic N) is 4. The van der Waals surface area contributed by atoms with E-state index in [1.165, 1.54) is 17.2 Å². The summed E-state index contributed by atoms with van der Waals surface area (Å²) in [6.07, 6.45) is 2.07. The van der Waals surface area contributed by atoms with Gasteiger partial charge < -0.3 is 19.2 Å². The van der Waals surface area contributed by atoms with Crippen LogP contribution in [0.15, 0.2) is 40.9 Å². The third-order valence-corrected chi connectivity index (χ3v) is 5.84. The number of halogens is 1. The van der Waals surface area contributed by atoms with Crippen LogP contribution in [0.5, 0.6) is 0 Å². The van der Waals surface area contributed by atoms with Gasteiger partial charge in [0.05, 0.1) is 18.8 Å². The number of rotatable bonds is 6. The number of anilines is 1. The number of aryl methyl sites for hydroxylation is 1. The first kappa shape index (κ1) is 22.0. The summed E-state index contributed by atoms with van der Waals surface area (Å²) in [7, 11) is 0. The predicted molar refractivity (Wildman–Crippen MR) is 116 cm³/mol. The third-order valence-electron chi connectivity index (χ3n) is 5.84. The van der Waals surface area contributed by atoms with Gasteiger partial charge in [-0.1, -0.05) is 6.07 Å². The van der Waals surface area contributed by atoms with Gasteiger partial charge in [-0.25, -0.2) is 14.0 Å². The molecule has 0 bridgehead atoms. The Balaban J connectivity index is 1.24. The Morgan fingerprint density at radius 1 is 1.29 bits per heavy atom. The maximum absolute atomic E-state index is 14.9. The van der Waals surface area contributed by atoms with Gasteiger partial charge in [0.1, 0.15) is 18.1 Å². The Morgan fingerprint density at radius 3 is 2.85 bits per heavy atom. The van der Waals surface area contributed by atoms with E-state index in [-0.39, 0.29) is 31.1 Å². The van der Waals surface area contributed by atoms with E-state index in [0.29, 0.717) is 28.4 Å². The summed E-state index contributed by atoms with van der Waals surface area (Å²) >= 11 is 0. The molecule has 2 N–H and O–H groups in total. The zero-order valence-electron chi connectivity index (χ0n) is 18.4. The van der Waals surface area contributed by atoms with Crippen molar-refractivity contribution in [2.75, 3.05) is 24.6 Å². The molecular formula is C23H23FN5O5+. The van der Waals surface area contributed by atoms with Crippen LogP contribution in [0.3, 0.4) is 0 Å². The minimum atomic E-state index is -0.610. The average molecular weight is 468 g/mol. The van der Waals surface area contributed by atoms with E-state index in [2.05, 4.69) is 15.2 Å². The molecule has 10 nitrogen and oxygen atoms in total. The number of ether oxygens (including phenoxy) is 2. The zero-order valence-corrected chi connectivity index (χ0v) is 18.4. The van der Waals surface area contributed by atoms with Crippen LogP contribution >= 0.6 is 0 Å². The quantitative estimate of drug-likeness (QED) is 0.544. The lowest BCUT2D eigenvalue weighted by Crippen LogP contribution is -2.88. The van der Waals surface area contributed by atoms with Gasteiger partial charge in [0, 0.05) is 37.1 Å². The molecule has 1 aromatic carbocycles. The Kier molecular flexibility index (Phi) is 5.93. The Bertz CT molecular complexity index is 1210. The van der Waals surface area contributed by atoms with Crippen LogP contribution in [-0.2, 0) is 14.3 Å². The standard InChI is InChI=1S/C23H22FN5O5/c1-13-27-28-21(33-13)19-7-4-14(10-26-19)17-6-5-15(9-18(17)24)29-11-16(34-23(29)31)12-32-22(30)20-3-2-8-25-20/h4-7,9-10,16,20,25H,2-3,8,11-12H2,1H3/p+1/t16-,20+/m1/s1. The third kappa shape index (κ3) is 4.46. The Morgan fingerprint density at radius 2 is 2.18 bits per heavy atom.